The van der Waals surface area contributed by atoms with Gasteiger partial charge >= 0.3 is 5.97 Å². The summed E-state index contributed by atoms with van der Waals surface area (Å²) in [5.74, 6) is -4.92. The Morgan fingerprint density at radius 3 is 2.17 bits per heavy atom. The third-order valence-electron chi connectivity index (χ3n) is 5.44. The minimum atomic E-state index is -2.02. The Morgan fingerprint density at radius 2 is 1.57 bits per heavy atom. The summed E-state index contributed by atoms with van der Waals surface area (Å²) in [5.41, 5.74) is -0.885. The average Bonchev–Trinajstić information content (AvgIpc) is 2.82. The molecule has 3 aromatic rings. The highest BCUT2D eigenvalue weighted by Crippen LogP contribution is 2.50. The Bertz CT molecular complexity index is 1330. The van der Waals surface area contributed by atoms with Crippen molar-refractivity contribution < 1.29 is 59.2 Å². The predicted molar refractivity (Wildman–Crippen MR) is 114 cm³/mol. The van der Waals surface area contributed by atoms with Crippen LogP contribution in [0.2, 0.25) is 0 Å². The molecule has 186 valence electrons. The van der Waals surface area contributed by atoms with Crippen LogP contribution in [-0.2, 0) is 9.53 Å². The molecular formula is C22H20O13. The van der Waals surface area contributed by atoms with E-state index in [1.165, 1.54) is 24.3 Å². The maximum Gasteiger partial charge on any atom is 0.335 e. The number of benzene rings is 2. The third-order valence-corrected chi connectivity index (χ3v) is 5.44. The molecule has 0 bridgehead atoms. The summed E-state index contributed by atoms with van der Waals surface area (Å²) < 4.78 is 21.3. The van der Waals surface area contributed by atoms with E-state index < -0.39 is 70.7 Å². The second kappa shape index (κ2) is 8.96. The molecule has 1 aliphatic heterocycles. The van der Waals surface area contributed by atoms with Crippen LogP contribution in [0.15, 0.2) is 39.5 Å². The van der Waals surface area contributed by atoms with E-state index in [1.807, 2.05) is 0 Å². The normalized spacial score (nSPS) is 24.3. The molecule has 0 radical (unpaired) electrons. The van der Waals surface area contributed by atoms with E-state index in [2.05, 4.69) is 0 Å². The molecule has 1 fully saturated rings. The van der Waals surface area contributed by atoms with E-state index in [0.29, 0.717) is 5.56 Å². The van der Waals surface area contributed by atoms with Crippen molar-refractivity contribution in [3.63, 3.8) is 0 Å². The molecule has 4 rings (SSSR count). The molecular weight excluding hydrogens is 472 g/mol. The first-order chi connectivity index (χ1) is 16.5. The Hall–Kier alpha value is -4.04. The number of carboxylic acids is 1. The van der Waals surface area contributed by atoms with Gasteiger partial charge in [0.05, 0.1) is 7.11 Å². The number of rotatable bonds is 5. The van der Waals surface area contributed by atoms with Crippen LogP contribution in [-0.4, -0.2) is 79.5 Å². The highest BCUT2D eigenvalue weighted by atomic mass is 16.7. The summed E-state index contributed by atoms with van der Waals surface area (Å²) >= 11 is 0. The number of carbonyl (C=O) groups is 1. The Morgan fingerprint density at radius 1 is 0.943 bits per heavy atom. The van der Waals surface area contributed by atoms with Gasteiger partial charge in [-0.25, -0.2) is 4.79 Å². The summed E-state index contributed by atoms with van der Waals surface area (Å²) in [5, 5.41) is 69.5. The Labute approximate surface area is 195 Å². The fraction of sp³-hybridized carbons (Fsp3) is 0.273. The fourth-order valence-corrected chi connectivity index (χ4v) is 3.65. The van der Waals surface area contributed by atoms with Crippen LogP contribution in [0, 0.1) is 0 Å². The summed E-state index contributed by atoms with van der Waals surface area (Å²) in [6.45, 7) is 0. The monoisotopic (exact) mass is 492 g/mol. The molecule has 7 N–H and O–H groups in total. The van der Waals surface area contributed by atoms with Crippen molar-refractivity contribution in [2.75, 3.05) is 7.11 Å². The van der Waals surface area contributed by atoms with Gasteiger partial charge in [0, 0.05) is 11.6 Å². The maximum absolute atomic E-state index is 13.0. The SMILES string of the molecule is COc1c(O)c(O)c(OC2OC(C(=O)O)C(O)C(O)C2O)c2oc(-c3ccc(O)cc3)cc(=O)c12. The molecule has 0 spiro atoms. The number of methoxy groups -OCH3 is 1. The summed E-state index contributed by atoms with van der Waals surface area (Å²) in [7, 11) is 1.12. The molecule has 0 aliphatic carbocycles. The molecule has 2 heterocycles. The predicted octanol–water partition coefficient (Wildman–Crippen LogP) is -0.144. The van der Waals surface area contributed by atoms with Crippen LogP contribution < -0.4 is 14.9 Å². The van der Waals surface area contributed by atoms with E-state index >= 15 is 0 Å². The van der Waals surface area contributed by atoms with Gasteiger partial charge in [0.1, 0.15) is 35.2 Å². The lowest BCUT2D eigenvalue weighted by molar-refractivity contribution is -0.271. The van der Waals surface area contributed by atoms with Gasteiger partial charge in [-0.15, -0.1) is 0 Å². The maximum atomic E-state index is 13.0. The smallest absolute Gasteiger partial charge is 0.335 e. The van der Waals surface area contributed by atoms with Gasteiger partial charge in [0.15, 0.2) is 22.9 Å². The van der Waals surface area contributed by atoms with Crippen LogP contribution in [0.5, 0.6) is 28.7 Å². The third kappa shape index (κ3) is 4.06. The highest BCUT2D eigenvalue weighted by Gasteiger charge is 2.48. The molecule has 5 atom stereocenters. The van der Waals surface area contributed by atoms with Gasteiger partial charge in [0.2, 0.25) is 23.5 Å². The highest BCUT2D eigenvalue weighted by molar-refractivity contribution is 5.95. The molecule has 13 nitrogen and oxygen atoms in total. The van der Waals surface area contributed by atoms with Crippen molar-refractivity contribution in [1.29, 1.82) is 0 Å². The molecule has 1 aliphatic rings. The number of aliphatic hydroxyl groups excluding tert-OH is 3. The number of hydrogen-bond donors (Lipinski definition) is 7. The number of phenols is 3. The molecule has 5 unspecified atom stereocenters. The van der Waals surface area contributed by atoms with Gasteiger partial charge in [0.25, 0.3) is 0 Å². The lowest BCUT2D eigenvalue weighted by atomic mass is 9.99. The van der Waals surface area contributed by atoms with Crippen LogP contribution in [0.1, 0.15) is 0 Å². The van der Waals surface area contributed by atoms with Crippen LogP contribution in [0.3, 0.4) is 0 Å². The van der Waals surface area contributed by atoms with Crippen molar-refractivity contribution >= 4 is 16.9 Å². The van der Waals surface area contributed by atoms with Crippen molar-refractivity contribution in [3.8, 4) is 40.1 Å². The largest absolute Gasteiger partial charge is 0.508 e. The van der Waals surface area contributed by atoms with Crippen molar-refractivity contribution in [1.82, 2.24) is 0 Å². The zero-order valence-electron chi connectivity index (χ0n) is 17.9. The Balaban J connectivity index is 1.91. The minimum absolute atomic E-state index is 0.0523. The first kappa shape index (κ1) is 24.1. The molecule has 35 heavy (non-hydrogen) atoms. The Kier molecular flexibility index (Phi) is 6.17. The first-order valence-corrected chi connectivity index (χ1v) is 10.0. The molecule has 2 aromatic carbocycles. The summed E-state index contributed by atoms with van der Waals surface area (Å²) in [6, 6.07) is 6.58. The molecule has 13 heteroatoms. The van der Waals surface area contributed by atoms with E-state index in [4.69, 9.17) is 18.6 Å². The second-order valence-corrected chi connectivity index (χ2v) is 7.64. The number of aliphatic carboxylic acids is 1. The van der Waals surface area contributed by atoms with Crippen molar-refractivity contribution in [2.45, 2.75) is 30.7 Å². The summed E-state index contributed by atoms with van der Waals surface area (Å²) in [6.07, 6.45) is -10.0. The topological polar surface area (TPSA) is 217 Å². The fourth-order valence-electron chi connectivity index (χ4n) is 3.65. The number of carboxylic acid groups (broad SMARTS) is 1. The number of aliphatic hydroxyl groups is 3. The standard InChI is InChI=1S/C22H20O13/c1-32-17-11-9(24)6-10(7-2-4-8(23)5-3-7)33-18(11)19(15(28)14(17)27)34-22-16(29)12(25)13(26)20(35-22)21(30)31/h2-6,12-13,16,20,22-23,25-29H,1H3,(H,30,31). The van der Waals surface area contributed by atoms with Crippen LogP contribution in [0.25, 0.3) is 22.3 Å². The lowest BCUT2D eigenvalue weighted by Crippen LogP contribution is -2.61. The number of phenolic OH excluding ortho intramolecular Hbond substituents is 3. The number of ether oxygens (including phenoxy) is 3. The lowest BCUT2D eigenvalue weighted by Gasteiger charge is -2.38. The van der Waals surface area contributed by atoms with Crippen LogP contribution in [0.4, 0.5) is 0 Å². The molecule has 1 saturated heterocycles. The molecule has 0 amide bonds. The minimum Gasteiger partial charge on any atom is -0.508 e. The van der Waals surface area contributed by atoms with Crippen molar-refractivity contribution in [2.24, 2.45) is 0 Å². The van der Waals surface area contributed by atoms with Crippen molar-refractivity contribution in [3.05, 3.63) is 40.6 Å². The zero-order chi connectivity index (χ0) is 25.6. The van der Waals surface area contributed by atoms with Crippen LogP contribution >= 0.6 is 0 Å². The van der Waals surface area contributed by atoms with Gasteiger partial charge < -0.3 is 54.4 Å². The van der Waals surface area contributed by atoms with E-state index in [-0.39, 0.29) is 16.9 Å². The van der Waals surface area contributed by atoms with Gasteiger partial charge in [-0.05, 0) is 24.3 Å². The van der Waals surface area contributed by atoms with Gasteiger partial charge in [-0.1, -0.05) is 0 Å². The summed E-state index contributed by atoms with van der Waals surface area (Å²) in [4.78, 5) is 24.3. The quantitative estimate of drug-likeness (QED) is 0.231. The van der Waals surface area contributed by atoms with Gasteiger partial charge in [-0.2, -0.15) is 0 Å². The molecule has 1 aromatic heterocycles. The molecule has 0 saturated carbocycles. The van der Waals surface area contributed by atoms with E-state index in [9.17, 15) is 45.3 Å². The zero-order valence-corrected chi connectivity index (χ0v) is 17.9. The number of hydrogen-bond acceptors (Lipinski definition) is 12. The second-order valence-electron chi connectivity index (χ2n) is 7.64. The van der Waals surface area contributed by atoms with Gasteiger partial charge in [-0.3, -0.25) is 4.79 Å². The van der Waals surface area contributed by atoms with E-state index in [0.717, 1.165) is 13.2 Å². The average molecular weight is 492 g/mol. The number of aromatic hydroxyl groups is 3. The first-order valence-electron chi connectivity index (χ1n) is 10.0. The number of fused-ring (bicyclic) bond motifs is 1. The van der Waals surface area contributed by atoms with E-state index in [1.54, 1.807) is 0 Å².